The molecule has 0 aliphatic carbocycles. The fourth-order valence-corrected chi connectivity index (χ4v) is 4.77. The Balaban J connectivity index is 1.69. The van der Waals surface area contributed by atoms with Gasteiger partial charge in [-0.05, 0) is 30.3 Å². The highest BCUT2D eigenvalue weighted by atomic mass is 32.1. The summed E-state index contributed by atoms with van der Waals surface area (Å²) in [6.45, 7) is 0.235. The van der Waals surface area contributed by atoms with Crippen molar-refractivity contribution in [3.63, 3.8) is 0 Å². The molecule has 0 atom stereocenters. The van der Waals surface area contributed by atoms with Gasteiger partial charge in [-0.2, -0.15) is 4.99 Å². The lowest BCUT2D eigenvalue weighted by molar-refractivity contribution is -0.118. The summed E-state index contributed by atoms with van der Waals surface area (Å²) in [6, 6.07) is 19.4. The fraction of sp³-hybridized carbons (Fsp3) is 0.0833. The molecule has 4 aromatic rings. The second kappa shape index (κ2) is 7.29. The van der Waals surface area contributed by atoms with Crippen molar-refractivity contribution in [3.05, 3.63) is 88.5 Å². The fourth-order valence-electron chi connectivity index (χ4n) is 3.71. The van der Waals surface area contributed by atoms with Crippen molar-refractivity contribution in [1.82, 2.24) is 4.57 Å². The van der Waals surface area contributed by atoms with Gasteiger partial charge in [0, 0.05) is 11.1 Å². The SMILES string of the molecule is C#CCn1c(=NC(=O)C2c3ccccc3Oc3ccccc32)sc2cc(F)ccc21. The molecule has 0 fully saturated rings. The summed E-state index contributed by atoms with van der Waals surface area (Å²) in [6.07, 6.45) is 5.53. The minimum atomic E-state index is -0.590. The van der Waals surface area contributed by atoms with E-state index in [1.165, 1.54) is 23.5 Å². The number of halogens is 1. The Morgan fingerprint density at radius 3 is 2.43 bits per heavy atom. The third-order valence-electron chi connectivity index (χ3n) is 5.03. The molecule has 0 radical (unpaired) electrons. The van der Waals surface area contributed by atoms with Gasteiger partial charge >= 0.3 is 0 Å². The van der Waals surface area contributed by atoms with Gasteiger partial charge in [0.2, 0.25) is 0 Å². The number of fused-ring (bicyclic) bond motifs is 3. The number of hydrogen-bond donors (Lipinski definition) is 0. The molecule has 5 rings (SSSR count). The van der Waals surface area contributed by atoms with Gasteiger partial charge in [-0.1, -0.05) is 53.7 Å². The number of rotatable bonds is 2. The van der Waals surface area contributed by atoms with Gasteiger partial charge in [0.15, 0.2) is 4.80 Å². The van der Waals surface area contributed by atoms with Crippen LogP contribution in [0.25, 0.3) is 10.2 Å². The minimum Gasteiger partial charge on any atom is -0.457 e. The summed E-state index contributed by atoms with van der Waals surface area (Å²) >= 11 is 1.24. The van der Waals surface area contributed by atoms with E-state index in [1.807, 2.05) is 48.5 Å². The Bertz CT molecular complexity index is 1370. The van der Waals surface area contributed by atoms with Gasteiger partial charge in [0.1, 0.15) is 17.3 Å². The highest BCUT2D eigenvalue weighted by Gasteiger charge is 2.32. The largest absolute Gasteiger partial charge is 0.457 e. The monoisotopic (exact) mass is 414 g/mol. The predicted octanol–water partition coefficient (Wildman–Crippen LogP) is 4.84. The van der Waals surface area contributed by atoms with Gasteiger partial charge in [-0.25, -0.2) is 4.39 Å². The number of para-hydroxylation sites is 2. The highest BCUT2D eigenvalue weighted by Crippen LogP contribution is 2.44. The second-order valence-corrected chi connectivity index (χ2v) is 7.86. The molecule has 30 heavy (non-hydrogen) atoms. The number of carbonyl (C=O) groups is 1. The Morgan fingerprint density at radius 2 is 1.77 bits per heavy atom. The smallest absolute Gasteiger partial charge is 0.260 e. The van der Waals surface area contributed by atoms with Gasteiger partial charge in [0.25, 0.3) is 5.91 Å². The van der Waals surface area contributed by atoms with Crippen molar-refractivity contribution in [1.29, 1.82) is 0 Å². The number of nitrogens with zero attached hydrogens (tertiary/aromatic N) is 2. The first-order valence-corrected chi connectivity index (χ1v) is 10.1. The summed E-state index contributed by atoms with van der Waals surface area (Å²) in [7, 11) is 0. The first-order valence-electron chi connectivity index (χ1n) is 9.32. The van der Waals surface area contributed by atoms with Crippen LogP contribution in [0.4, 0.5) is 4.39 Å². The molecule has 3 aromatic carbocycles. The zero-order valence-corrected chi connectivity index (χ0v) is 16.5. The predicted molar refractivity (Wildman–Crippen MR) is 114 cm³/mol. The number of ether oxygens (including phenoxy) is 1. The van der Waals surface area contributed by atoms with Gasteiger partial charge in [-0.3, -0.25) is 4.79 Å². The number of carbonyl (C=O) groups excluding carboxylic acids is 1. The van der Waals surface area contributed by atoms with Crippen molar-refractivity contribution in [2.75, 3.05) is 0 Å². The first kappa shape index (κ1) is 18.3. The van der Waals surface area contributed by atoms with Crippen LogP contribution in [-0.2, 0) is 11.3 Å². The molecule has 2 heterocycles. The summed E-state index contributed by atoms with van der Waals surface area (Å²) in [5.41, 5.74) is 2.28. The van der Waals surface area contributed by atoms with E-state index in [4.69, 9.17) is 11.2 Å². The van der Waals surface area contributed by atoms with Crippen LogP contribution < -0.4 is 9.54 Å². The molecule has 1 amide bonds. The van der Waals surface area contributed by atoms with Crippen molar-refractivity contribution < 1.29 is 13.9 Å². The lowest BCUT2D eigenvalue weighted by Crippen LogP contribution is -2.22. The van der Waals surface area contributed by atoms with Crippen LogP contribution in [0.1, 0.15) is 17.0 Å². The topological polar surface area (TPSA) is 43.6 Å². The normalized spacial score (nSPS) is 13.4. The number of thiazole rings is 1. The van der Waals surface area contributed by atoms with Crippen LogP contribution in [0.5, 0.6) is 11.5 Å². The van der Waals surface area contributed by atoms with E-state index in [-0.39, 0.29) is 18.3 Å². The number of hydrogen-bond acceptors (Lipinski definition) is 3. The lowest BCUT2D eigenvalue weighted by atomic mass is 9.87. The van der Waals surface area contributed by atoms with Gasteiger partial charge < -0.3 is 9.30 Å². The molecule has 1 aliphatic heterocycles. The third kappa shape index (κ3) is 3.00. The van der Waals surface area contributed by atoms with E-state index in [2.05, 4.69) is 10.9 Å². The summed E-state index contributed by atoms with van der Waals surface area (Å²) in [5, 5.41) is 0. The number of terminal acetylenes is 1. The quantitative estimate of drug-likeness (QED) is 0.441. The van der Waals surface area contributed by atoms with Crippen molar-refractivity contribution >= 4 is 27.5 Å². The van der Waals surface area contributed by atoms with Crippen LogP contribution in [0.2, 0.25) is 0 Å². The van der Waals surface area contributed by atoms with Crippen molar-refractivity contribution in [3.8, 4) is 23.8 Å². The molecular weight excluding hydrogens is 399 g/mol. The maximum Gasteiger partial charge on any atom is 0.260 e. The molecule has 146 valence electrons. The highest BCUT2D eigenvalue weighted by molar-refractivity contribution is 7.16. The Hall–Kier alpha value is -3.69. The molecule has 0 bridgehead atoms. The Morgan fingerprint density at radius 1 is 1.10 bits per heavy atom. The van der Waals surface area contributed by atoms with E-state index in [1.54, 1.807) is 10.6 Å². The summed E-state index contributed by atoms with van der Waals surface area (Å²) in [4.78, 5) is 18.3. The zero-order chi connectivity index (χ0) is 20.7. The molecular formula is C24H15FN2O2S. The Kier molecular flexibility index (Phi) is 4.46. The zero-order valence-electron chi connectivity index (χ0n) is 15.7. The van der Waals surface area contributed by atoms with E-state index >= 15 is 0 Å². The third-order valence-corrected chi connectivity index (χ3v) is 6.07. The van der Waals surface area contributed by atoms with Crippen LogP contribution >= 0.6 is 11.3 Å². The summed E-state index contributed by atoms with van der Waals surface area (Å²) in [5.74, 6) is 2.60. The van der Waals surface area contributed by atoms with Gasteiger partial charge in [0.05, 0.1) is 22.7 Å². The van der Waals surface area contributed by atoms with Gasteiger partial charge in [-0.15, -0.1) is 6.42 Å². The molecule has 1 aliphatic rings. The average molecular weight is 414 g/mol. The van der Waals surface area contributed by atoms with Crippen LogP contribution in [0.3, 0.4) is 0 Å². The molecule has 0 saturated carbocycles. The molecule has 4 nitrogen and oxygen atoms in total. The van der Waals surface area contributed by atoms with Crippen molar-refractivity contribution in [2.45, 2.75) is 12.5 Å². The maximum absolute atomic E-state index is 13.7. The molecule has 0 spiro atoms. The van der Waals surface area contributed by atoms with Crippen LogP contribution in [-0.4, -0.2) is 10.5 Å². The number of amides is 1. The molecule has 1 aromatic heterocycles. The average Bonchev–Trinajstić information content (AvgIpc) is 3.08. The van der Waals surface area contributed by atoms with Crippen molar-refractivity contribution in [2.24, 2.45) is 4.99 Å². The molecule has 0 saturated heterocycles. The summed E-state index contributed by atoms with van der Waals surface area (Å²) < 4.78 is 22.1. The van der Waals surface area contributed by atoms with E-state index < -0.39 is 5.92 Å². The number of benzene rings is 3. The number of aromatic nitrogens is 1. The van der Waals surface area contributed by atoms with E-state index in [9.17, 15) is 9.18 Å². The first-order chi connectivity index (χ1) is 14.7. The second-order valence-electron chi connectivity index (χ2n) is 6.85. The lowest BCUT2D eigenvalue weighted by Gasteiger charge is -2.25. The van der Waals surface area contributed by atoms with Crippen LogP contribution in [0, 0.1) is 18.2 Å². The minimum absolute atomic E-state index is 0.235. The molecule has 0 unspecified atom stereocenters. The van der Waals surface area contributed by atoms with E-state index in [0.29, 0.717) is 21.0 Å². The van der Waals surface area contributed by atoms with E-state index in [0.717, 1.165) is 16.6 Å². The maximum atomic E-state index is 13.7. The van der Waals surface area contributed by atoms with Crippen LogP contribution in [0.15, 0.2) is 71.7 Å². The standard InChI is InChI=1S/C24H15FN2O2S/c1-2-13-27-18-12-11-15(25)14-21(18)30-24(27)26-23(28)22-16-7-3-5-9-19(16)29-20-10-6-4-8-17(20)22/h1,3-12,14,22H,13H2. The molecule has 6 heteroatoms. The molecule has 0 N–H and O–H groups in total. The Labute approximate surface area is 175 Å².